The maximum Gasteiger partial charge on any atom is 0.324 e. The molecule has 0 aliphatic carbocycles. The van der Waals surface area contributed by atoms with Crippen LogP contribution in [0.4, 0.5) is 0 Å². The summed E-state index contributed by atoms with van der Waals surface area (Å²) in [4.78, 5) is 27.9. The molecule has 1 fully saturated rings. The van der Waals surface area contributed by atoms with E-state index in [1.165, 1.54) is 7.11 Å². The number of methoxy groups -OCH3 is 1. The molecule has 4 rings (SSSR count). The van der Waals surface area contributed by atoms with Crippen LogP contribution in [0.5, 0.6) is 5.75 Å². The molecule has 2 aromatic carbocycles. The number of nitrogens with one attached hydrogen (secondary N) is 2. The lowest BCUT2D eigenvalue weighted by molar-refractivity contribution is -0.144. The third kappa shape index (κ3) is 3.76. The van der Waals surface area contributed by atoms with E-state index in [4.69, 9.17) is 9.47 Å². The number of carbonyl (C=O) groups excluding carboxylic acids is 2. The Bertz CT molecular complexity index is 1020. The van der Waals surface area contributed by atoms with Crippen LogP contribution >= 0.6 is 11.8 Å². The van der Waals surface area contributed by atoms with Crippen molar-refractivity contribution in [2.24, 2.45) is 0 Å². The molecular weight excluding hydrogens is 376 g/mol. The lowest BCUT2D eigenvalue weighted by Crippen LogP contribution is -2.36. The van der Waals surface area contributed by atoms with Crippen LogP contribution in [0.25, 0.3) is 10.9 Å². The molecule has 0 bridgehead atoms. The molecule has 0 amide bonds. The van der Waals surface area contributed by atoms with Crippen LogP contribution in [0.2, 0.25) is 0 Å². The zero-order valence-electron chi connectivity index (χ0n) is 15.3. The quantitative estimate of drug-likeness (QED) is 0.492. The second-order valence-electron chi connectivity index (χ2n) is 6.48. The van der Waals surface area contributed by atoms with Gasteiger partial charge >= 0.3 is 5.97 Å². The standard InChI is InChI=1S/C21H20N2O4S/c1-26-14-5-2-4-13(10-14)19(24)11-27-21(25)18-12-28-20(23-18)16-6-3-7-17-15(16)8-9-22-17/h2-10,18,20,22-23H,11-12H2,1H3/t18-,20+/m1/s1. The minimum atomic E-state index is -0.442. The molecule has 1 aliphatic rings. The van der Waals surface area contributed by atoms with Gasteiger partial charge in [0.1, 0.15) is 11.8 Å². The average molecular weight is 396 g/mol. The maximum absolute atomic E-state index is 12.4. The Kier molecular flexibility index (Phi) is 5.36. The molecule has 0 unspecified atom stereocenters. The number of aromatic amines is 1. The summed E-state index contributed by atoms with van der Waals surface area (Å²) < 4.78 is 10.4. The molecule has 1 aliphatic heterocycles. The molecule has 2 atom stereocenters. The van der Waals surface area contributed by atoms with E-state index in [9.17, 15) is 9.59 Å². The van der Waals surface area contributed by atoms with Crippen LogP contribution in [0, 0.1) is 0 Å². The number of hydrogen-bond donors (Lipinski definition) is 2. The van der Waals surface area contributed by atoms with Crippen LogP contribution in [0.1, 0.15) is 21.3 Å². The highest BCUT2D eigenvalue weighted by molar-refractivity contribution is 7.99. The van der Waals surface area contributed by atoms with Crippen molar-refractivity contribution in [1.82, 2.24) is 10.3 Å². The third-order valence-corrected chi connectivity index (χ3v) is 5.96. The first-order valence-corrected chi connectivity index (χ1v) is 9.98. The SMILES string of the molecule is COc1cccc(C(=O)COC(=O)[C@H]2CS[C@@H](c3cccc4[nH]ccc34)N2)c1. The fraction of sp³-hybridized carbons (Fsp3) is 0.238. The number of rotatable bonds is 6. The summed E-state index contributed by atoms with van der Waals surface area (Å²) in [6.07, 6.45) is 1.91. The minimum absolute atomic E-state index is 0.00568. The van der Waals surface area contributed by atoms with Crippen molar-refractivity contribution in [2.75, 3.05) is 19.5 Å². The third-order valence-electron chi connectivity index (χ3n) is 4.72. The van der Waals surface area contributed by atoms with Crippen molar-refractivity contribution in [3.8, 4) is 5.75 Å². The van der Waals surface area contributed by atoms with Crippen molar-refractivity contribution in [3.05, 3.63) is 65.9 Å². The predicted molar refractivity (Wildman–Crippen MR) is 109 cm³/mol. The molecule has 1 saturated heterocycles. The summed E-state index contributed by atoms with van der Waals surface area (Å²) in [5, 5.41) is 4.45. The Morgan fingerprint density at radius 1 is 1.18 bits per heavy atom. The van der Waals surface area contributed by atoms with Gasteiger partial charge in [0.05, 0.1) is 12.5 Å². The summed E-state index contributed by atoms with van der Waals surface area (Å²) >= 11 is 1.66. The predicted octanol–water partition coefficient (Wildman–Crippen LogP) is 3.31. The normalized spacial score (nSPS) is 18.9. The summed E-state index contributed by atoms with van der Waals surface area (Å²) in [6.45, 7) is -0.285. The second-order valence-corrected chi connectivity index (χ2v) is 7.62. The monoisotopic (exact) mass is 396 g/mol. The summed E-state index contributed by atoms with van der Waals surface area (Å²) in [5.41, 5.74) is 2.65. The Morgan fingerprint density at radius 2 is 2.04 bits per heavy atom. The van der Waals surface area contributed by atoms with Gasteiger partial charge in [-0.1, -0.05) is 24.3 Å². The Balaban J connectivity index is 1.36. The number of hydrogen-bond acceptors (Lipinski definition) is 6. The van der Waals surface area contributed by atoms with E-state index in [0.717, 1.165) is 16.5 Å². The van der Waals surface area contributed by atoms with Crippen LogP contribution in [0.15, 0.2) is 54.7 Å². The van der Waals surface area contributed by atoms with E-state index in [1.54, 1.807) is 36.0 Å². The van der Waals surface area contributed by atoms with E-state index in [0.29, 0.717) is 17.1 Å². The lowest BCUT2D eigenvalue weighted by Gasteiger charge is -2.14. The maximum atomic E-state index is 12.4. The minimum Gasteiger partial charge on any atom is -0.497 e. The highest BCUT2D eigenvalue weighted by Gasteiger charge is 2.32. The van der Waals surface area contributed by atoms with Crippen molar-refractivity contribution < 1.29 is 19.1 Å². The van der Waals surface area contributed by atoms with E-state index in [1.807, 2.05) is 24.4 Å². The van der Waals surface area contributed by atoms with Gasteiger partial charge in [-0.2, -0.15) is 0 Å². The number of ether oxygens (including phenoxy) is 2. The van der Waals surface area contributed by atoms with Crippen LogP contribution in [-0.4, -0.2) is 42.2 Å². The van der Waals surface area contributed by atoms with E-state index in [-0.39, 0.29) is 17.8 Å². The zero-order chi connectivity index (χ0) is 19.5. The molecule has 0 spiro atoms. The van der Waals surface area contributed by atoms with Gasteiger partial charge in [-0.05, 0) is 29.8 Å². The number of benzene rings is 2. The molecule has 0 radical (unpaired) electrons. The molecule has 144 valence electrons. The van der Waals surface area contributed by atoms with Gasteiger partial charge in [0, 0.05) is 28.4 Å². The highest BCUT2D eigenvalue weighted by atomic mass is 32.2. The van der Waals surface area contributed by atoms with Crippen molar-refractivity contribution in [2.45, 2.75) is 11.4 Å². The molecular formula is C21H20N2O4S. The number of H-pyrrole nitrogens is 1. The van der Waals surface area contributed by atoms with Gasteiger partial charge in [0.15, 0.2) is 12.4 Å². The average Bonchev–Trinajstić information content (AvgIpc) is 3.41. The molecule has 2 N–H and O–H groups in total. The summed E-state index contributed by atoms with van der Waals surface area (Å²) in [6, 6.07) is 14.5. The number of esters is 1. The van der Waals surface area contributed by atoms with Gasteiger partial charge in [0.2, 0.25) is 0 Å². The second kappa shape index (κ2) is 8.08. The van der Waals surface area contributed by atoms with Gasteiger partial charge < -0.3 is 14.5 Å². The van der Waals surface area contributed by atoms with Crippen molar-refractivity contribution >= 4 is 34.4 Å². The van der Waals surface area contributed by atoms with Crippen molar-refractivity contribution in [3.63, 3.8) is 0 Å². The number of ketones is 1. The first-order valence-electron chi connectivity index (χ1n) is 8.93. The van der Waals surface area contributed by atoms with Gasteiger partial charge in [-0.15, -0.1) is 11.8 Å². The molecule has 3 aromatic rings. The first-order chi connectivity index (χ1) is 13.7. The Morgan fingerprint density at radius 3 is 2.89 bits per heavy atom. The molecule has 6 nitrogen and oxygen atoms in total. The largest absolute Gasteiger partial charge is 0.497 e. The van der Waals surface area contributed by atoms with Gasteiger partial charge in [-0.3, -0.25) is 14.9 Å². The fourth-order valence-electron chi connectivity index (χ4n) is 3.24. The number of carbonyl (C=O) groups is 2. The number of Topliss-reactive ketones (excluding diaryl/α,β-unsaturated/α-hetero) is 1. The van der Waals surface area contributed by atoms with E-state index >= 15 is 0 Å². The van der Waals surface area contributed by atoms with Crippen LogP contribution in [-0.2, 0) is 9.53 Å². The Labute approximate surface area is 166 Å². The van der Waals surface area contributed by atoms with Gasteiger partial charge in [0.25, 0.3) is 0 Å². The number of thioether (sulfide) groups is 1. The van der Waals surface area contributed by atoms with Crippen molar-refractivity contribution in [1.29, 1.82) is 0 Å². The highest BCUT2D eigenvalue weighted by Crippen LogP contribution is 2.36. The lowest BCUT2D eigenvalue weighted by atomic mass is 10.1. The zero-order valence-corrected chi connectivity index (χ0v) is 16.1. The first kappa shape index (κ1) is 18.6. The summed E-state index contributed by atoms with van der Waals surface area (Å²) in [5.74, 6) is 0.518. The smallest absolute Gasteiger partial charge is 0.324 e. The van der Waals surface area contributed by atoms with Crippen LogP contribution < -0.4 is 10.1 Å². The van der Waals surface area contributed by atoms with E-state index < -0.39 is 12.0 Å². The van der Waals surface area contributed by atoms with E-state index in [2.05, 4.69) is 16.4 Å². The summed E-state index contributed by atoms with van der Waals surface area (Å²) in [7, 11) is 1.54. The molecule has 2 heterocycles. The molecule has 7 heteroatoms. The fourth-order valence-corrected chi connectivity index (χ4v) is 4.51. The number of fused-ring (bicyclic) bond motifs is 1. The van der Waals surface area contributed by atoms with Crippen LogP contribution in [0.3, 0.4) is 0 Å². The topological polar surface area (TPSA) is 80.4 Å². The molecule has 1 aromatic heterocycles. The van der Waals surface area contributed by atoms with Gasteiger partial charge in [-0.25, -0.2) is 0 Å². The number of aromatic nitrogens is 1. The molecule has 28 heavy (non-hydrogen) atoms. The molecule has 0 saturated carbocycles. The Hall–Kier alpha value is -2.77.